The van der Waals surface area contributed by atoms with Crippen LogP contribution in [0.3, 0.4) is 0 Å². The van der Waals surface area contributed by atoms with Crippen molar-refractivity contribution < 1.29 is 19.1 Å². The van der Waals surface area contributed by atoms with Crippen molar-refractivity contribution in [2.75, 3.05) is 13.7 Å². The van der Waals surface area contributed by atoms with Gasteiger partial charge in [0.05, 0.1) is 13.3 Å². The molecule has 0 saturated carbocycles. The number of hydrogen-bond donors (Lipinski definition) is 1. The van der Waals surface area contributed by atoms with Crippen LogP contribution in [-0.2, 0) is 9.47 Å². The maximum Gasteiger partial charge on any atom is 0.517 e. The number of ether oxygens (including phenoxy) is 2. The number of likely N-dealkylation sites (tertiary alicyclic amines) is 1. The molecule has 1 rings (SSSR count). The van der Waals surface area contributed by atoms with Crippen LogP contribution in [0.25, 0.3) is 0 Å². The van der Waals surface area contributed by atoms with Crippen LogP contribution >= 0.6 is 0 Å². The molecule has 1 amide bonds. The Morgan fingerprint density at radius 3 is 2.69 bits per heavy atom. The summed E-state index contributed by atoms with van der Waals surface area (Å²) in [6.45, 7) is 0.525. The van der Waals surface area contributed by atoms with Crippen LogP contribution in [0.5, 0.6) is 0 Å². The normalized spacial score (nSPS) is 21.4. The minimum atomic E-state index is -1.01. The van der Waals surface area contributed by atoms with Crippen LogP contribution in [0.2, 0.25) is 0 Å². The molecule has 0 aromatic rings. The van der Waals surface area contributed by atoms with Gasteiger partial charge in [0.25, 0.3) is 0 Å². The third kappa shape index (κ3) is 2.32. The lowest BCUT2D eigenvalue weighted by molar-refractivity contribution is 0.0721. The van der Waals surface area contributed by atoms with Gasteiger partial charge in [-0.15, -0.1) is 0 Å². The minimum Gasteiger partial charge on any atom is -0.437 e. The number of methoxy groups -OCH3 is 1. The van der Waals surface area contributed by atoms with Gasteiger partial charge in [0.15, 0.2) is 0 Å². The Morgan fingerprint density at radius 1 is 1.54 bits per heavy atom. The molecule has 1 atom stereocenters. The largest absolute Gasteiger partial charge is 0.517 e. The molecule has 0 aromatic carbocycles. The molecular formula is C7H12N2O4. The van der Waals surface area contributed by atoms with Gasteiger partial charge in [-0.1, -0.05) is 0 Å². The monoisotopic (exact) mass is 188 g/mol. The Morgan fingerprint density at radius 2 is 2.23 bits per heavy atom. The first-order valence-corrected chi connectivity index (χ1v) is 3.97. The molecular weight excluding hydrogens is 176 g/mol. The molecule has 1 aliphatic rings. The highest BCUT2D eigenvalue weighted by Gasteiger charge is 2.28. The van der Waals surface area contributed by atoms with Gasteiger partial charge in [0.1, 0.15) is 0 Å². The van der Waals surface area contributed by atoms with Crippen molar-refractivity contribution in [1.82, 2.24) is 4.90 Å². The summed E-state index contributed by atoms with van der Waals surface area (Å²) in [5.74, 6) is 0. The van der Waals surface area contributed by atoms with Crippen molar-refractivity contribution in [3.8, 4) is 0 Å². The fraction of sp³-hybridized carbons (Fsp3) is 0.714. The van der Waals surface area contributed by atoms with E-state index in [1.54, 1.807) is 0 Å². The number of carbonyl (C=O) groups is 2. The third-order valence-electron chi connectivity index (χ3n) is 1.87. The van der Waals surface area contributed by atoms with Crippen LogP contribution in [0.15, 0.2) is 0 Å². The first-order chi connectivity index (χ1) is 6.15. The van der Waals surface area contributed by atoms with Crippen LogP contribution in [-0.4, -0.2) is 37.0 Å². The standard InChI is InChI=1S/C7H12N2O4/c1-12-7(11)13-6(10)9-4-2-3-5(9)8/h5H,2-4,8H2,1H3. The average molecular weight is 188 g/mol. The molecule has 1 aliphatic heterocycles. The lowest BCUT2D eigenvalue weighted by Gasteiger charge is -2.18. The zero-order chi connectivity index (χ0) is 9.84. The number of nitrogens with zero attached hydrogens (tertiary/aromatic N) is 1. The Bertz CT molecular complexity index is 219. The summed E-state index contributed by atoms with van der Waals surface area (Å²) in [4.78, 5) is 23.0. The van der Waals surface area contributed by atoms with Crippen molar-refractivity contribution >= 4 is 12.2 Å². The predicted molar refractivity (Wildman–Crippen MR) is 42.8 cm³/mol. The Hall–Kier alpha value is -1.30. The van der Waals surface area contributed by atoms with Crippen LogP contribution in [0, 0.1) is 0 Å². The van der Waals surface area contributed by atoms with E-state index in [1.165, 1.54) is 4.90 Å². The van der Waals surface area contributed by atoms with Crippen molar-refractivity contribution in [2.45, 2.75) is 19.0 Å². The van der Waals surface area contributed by atoms with Gasteiger partial charge in [-0.3, -0.25) is 4.90 Å². The van der Waals surface area contributed by atoms with E-state index in [2.05, 4.69) is 9.47 Å². The SMILES string of the molecule is COC(=O)OC(=O)N1CCCC1N. The van der Waals surface area contributed by atoms with E-state index in [0.717, 1.165) is 20.0 Å². The fourth-order valence-electron chi connectivity index (χ4n) is 1.19. The molecule has 13 heavy (non-hydrogen) atoms. The lowest BCUT2D eigenvalue weighted by atomic mass is 10.3. The zero-order valence-electron chi connectivity index (χ0n) is 7.36. The van der Waals surface area contributed by atoms with Gasteiger partial charge in [-0.25, -0.2) is 9.59 Å². The molecule has 1 saturated heterocycles. The summed E-state index contributed by atoms with van der Waals surface area (Å²) in [5, 5.41) is 0. The highest BCUT2D eigenvalue weighted by atomic mass is 16.7. The molecule has 6 nitrogen and oxygen atoms in total. The topological polar surface area (TPSA) is 81.9 Å². The smallest absolute Gasteiger partial charge is 0.437 e. The molecule has 2 N–H and O–H groups in total. The highest BCUT2D eigenvalue weighted by Crippen LogP contribution is 2.13. The fourth-order valence-corrected chi connectivity index (χ4v) is 1.19. The van der Waals surface area contributed by atoms with E-state index in [4.69, 9.17) is 5.73 Å². The van der Waals surface area contributed by atoms with Gasteiger partial charge in [0.2, 0.25) is 0 Å². The van der Waals surface area contributed by atoms with E-state index in [0.29, 0.717) is 6.54 Å². The summed E-state index contributed by atoms with van der Waals surface area (Å²) in [7, 11) is 1.14. The van der Waals surface area contributed by atoms with Gasteiger partial charge >= 0.3 is 12.2 Å². The van der Waals surface area contributed by atoms with Crippen molar-refractivity contribution in [3.05, 3.63) is 0 Å². The van der Waals surface area contributed by atoms with Gasteiger partial charge in [-0.05, 0) is 12.8 Å². The lowest BCUT2D eigenvalue weighted by Crippen LogP contribution is -2.42. The number of amides is 1. The number of rotatable bonds is 0. The molecule has 74 valence electrons. The second-order valence-corrected chi connectivity index (χ2v) is 2.73. The van der Waals surface area contributed by atoms with Crippen molar-refractivity contribution in [2.24, 2.45) is 5.73 Å². The van der Waals surface area contributed by atoms with E-state index in [9.17, 15) is 9.59 Å². The minimum absolute atomic E-state index is 0.350. The molecule has 0 spiro atoms. The molecule has 0 bridgehead atoms. The molecule has 0 aliphatic carbocycles. The number of nitrogens with two attached hydrogens (primary N) is 1. The van der Waals surface area contributed by atoms with Crippen LogP contribution in [0.4, 0.5) is 9.59 Å². The van der Waals surface area contributed by atoms with Crippen LogP contribution in [0.1, 0.15) is 12.8 Å². The molecule has 6 heteroatoms. The Labute approximate surface area is 75.6 Å². The van der Waals surface area contributed by atoms with Gasteiger partial charge in [0, 0.05) is 6.54 Å². The summed E-state index contributed by atoms with van der Waals surface area (Å²) in [5.41, 5.74) is 5.57. The van der Waals surface area contributed by atoms with Gasteiger partial charge < -0.3 is 15.2 Å². The first-order valence-electron chi connectivity index (χ1n) is 3.97. The summed E-state index contributed by atoms with van der Waals surface area (Å²) >= 11 is 0. The second kappa shape index (κ2) is 4.08. The Balaban J connectivity index is 2.43. The average Bonchev–Trinajstić information content (AvgIpc) is 2.51. The highest BCUT2D eigenvalue weighted by molar-refractivity contribution is 5.80. The number of carbonyl (C=O) groups excluding carboxylic acids is 2. The maximum atomic E-state index is 11.1. The first kappa shape index (κ1) is 9.79. The molecule has 1 fully saturated rings. The molecule has 0 radical (unpaired) electrons. The summed E-state index contributed by atoms with van der Waals surface area (Å²) in [6, 6.07) is 0. The van der Waals surface area contributed by atoms with Crippen LogP contribution < -0.4 is 5.73 Å². The second-order valence-electron chi connectivity index (χ2n) is 2.73. The van der Waals surface area contributed by atoms with Crippen molar-refractivity contribution in [3.63, 3.8) is 0 Å². The van der Waals surface area contributed by atoms with E-state index in [1.807, 2.05) is 0 Å². The van der Waals surface area contributed by atoms with E-state index in [-0.39, 0.29) is 6.17 Å². The maximum absolute atomic E-state index is 11.1. The van der Waals surface area contributed by atoms with Gasteiger partial charge in [-0.2, -0.15) is 0 Å². The number of hydrogen-bond acceptors (Lipinski definition) is 5. The van der Waals surface area contributed by atoms with E-state index < -0.39 is 12.2 Å². The summed E-state index contributed by atoms with van der Waals surface area (Å²) < 4.78 is 8.47. The third-order valence-corrected chi connectivity index (χ3v) is 1.87. The Kier molecular flexibility index (Phi) is 3.07. The predicted octanol–water partition coefficient (Wildman–Crippen LogP) is 0.270. The zero-order valence-corrected chi connectivity index (χ0v) is 7.36. The molecule has 0 aromatic heterocycles. The van der Waals surface area contributed by atoms with Crippen molar-refractivity contribution in [1.29, 1.82) is 0 Å². The molecule has 1 unspecified atom stereocenters. The van der Waals surface area contributed by atoms with E-state index >= 15 is 0 Å². The molecule has 1 heterocycles. The quantitative estimate of drug-likeness (QED) is 0.436. The summed E-state index contributed by atoms with van der Waals surface area (Å²) in [6.07, 6.45) is -0.536.